The van der Waals surface area contributed by atoms with Crippen molar-refractivity contribution >= 4 is 15.9 Å². The molecule has 0 saturated carbocycles. The lowest BCUT2D eigenvalue weighted by atomic mass is 9.93. The fourth-order valence-corrected chi connectivity index (χ4v) is 3.13. The zero-order valence-electron chi connectivity index (χ0n) is 12.6. The van der Waals surface area contributed by atoms with Crippen molar-refractivity contribution in [2.45, 2.75) is 31.4 Å². The normalized spacial score (nSPS) is 22.5. The first kappa shape index (κ1) is 16.9. The molecule has 7 heteroatoms. The van der Waals surface area contributed by atoms with Crippen LogP contribution < -0.4 is 4.72 Å². The van der Waals surface area contributed by atoms with E-state index in [1.807, 2.05) is 30.3 Å². The first-order valence-corrected chi connectivity index (χ1v) is 9.22. The maximum atomic E-state index is 12.3. The molecule has 2 N–H and O–H groups in total. The number of hydrogen-bond acceptors (Lipinski definition) is 4. The molecule has 1 heterocycles. The number of amides is 1. The number of hydrogen-bond donors (Lipinski definition) is 2. The van der Waals surface area contributed by atoms with Crippen LogP contribution in [0.5, 0.6) is 0 Å². The summed E-state index contributed by atoms with van der Waals surface area (Å²) < 4.78 is 24.5. The molecule has 1 saturated heterocycles. The van der Waals surface area contributed by atoms with E-state index < -0.39 is 16.1 Å². The van der Waals surface area contributed by atoms with Crippen molar-refractivity contribution in [3.63, 3.8) is 0 Å². The van der Waals surface area contributed by atoms with Crippen LogP contribution in [0.1, 0.15) is 18.4 Å². The third-order valence-corrected chi connectivity index (χ3v) is 4.51. The minimum atomic E-state index is -3.41. The Labute approximate surface area is 131 Å². The zero-order valence-corrected chi connectivity index (χ0v) is 13.4. The summed E-state index contributed by atoms with van der Waals surface area (Å²) in [6.45, 7) is 0.273. The molecule has 0 spiro atoms. The molecule has 1 amide bonds. The van der Waals surface area contributed by atoms with Crippen LogP contribution in [0.25, 0.3) is 0 Å². The third kappa shape index (κ3) is 4.79. The van der Waals surface area contributed by atoms with Gasteiger partial charge in [-0.1, -0.05) is 30.3 Å². The van der Waals surface area contributed by atoms with E-state index in [1.165, 1.54) is 0 Å². The van der Waals surface area contributed by atoms with Crippen molar-refractivity contribution in [2.75, 3.05) is 19.3 Å². The summed E-state index contributed by atoms with van der Waals surface area (Å²) in [6, 6.07) is 9.35. The first-order valence-electron chi connectivity index (χ1n) is 7.33. The van der Waals surface area contributed by atoms with Crippen LogP contribution in [-0.4, -0.2) is 55.8 Å². The van der Waals surface area contributed by atoms with E-state index in [0.29, 0.717) is 19.4 Å². The first-order chi connectivity index (χ1) is 10.4. The SMILES string of the molecule is CS(=O)(=O)NCC(=O)N1CCC[C@H](O)[C@@H]1Cc1ccccc1. The molecule has 1 aliphatic rings. The molecule has 2 rings (SSSR count). The summed E-state index contributed by atoms with van der Waals surface area (Å²) in [5, 5.41) is 10.2. The van der Waals surface area contributed by atoms with Gasteiger partial charge < -0.3 is 10.0 Å². The van der Waals surface area contributed by atoms with Gasteiger partial charge in [0, 0.05) is 6.54 Å². The number of carbonyl (C=O) groups excluding carboxylic acids is 1. The number of carbonyl (C=O) groups is 1. The number of nitrogens with one attached hydrogen (secondary N) is 1. The largest absolute Gasteiger partial charge is 0.391 e. The molecule has 22 heavy (non-hydrogen) atoms. The van der Waals surface area contributed by atoms with E-state index in [0.717, 1.165) is 18.2 Å². The lowest BCUT2D eigenvalue weighted by Gasteiger charge is -2.39. The number of aliphatic hydroxyl groups excluding tert-OH is 1. The fourth-order valence-electron chi connectivity index (χ4n) is 2.74. The van der Waals surface area contributed by atoms with Crippen LogP contribution in [0.2, 0.25) is 0 Å². The van der Waals surface area contributed by atoms with Crippen LogP contribution >= 0.6 is 0 Å². The topological polar surface area (TPSA) is 86.7 Å². The number of nitrogens with zero attached hydrogens (tertiary/aromatic N) is 1. The van der Waals surface area contributed by atoms with Crippen LogP contribution in [0, 0.1) is 0 Å². The summed E-state index contributed by atoms with van der Waals surface area (Å²) in [5.74, 6) is -0.301. The highest BCUT2D eigenvalue weighted by Crippen LogP contribution is 2.21. The van der Waals surface area contributed by atoms with Crippen LogP contribution in [0.15, 0.2) is 30.3 Å². The lowest BCUT2D eigenvalue weighted by molar-refractivity contribution is -0.137. The smallest absolute Gasteiger partial charge is 0.237 e. The second-order valence-corrected chi connectivity index (χ2v) is 7.48. The van der Waals surface area contributed by atoms with E-state index in [9.17, 15) is 18.3 Å². The summed E-state index contributed by atoms with van der Waals surface area (Å²) in [7, 11) is -3.41. The molecule has 122 valence electrons. The molecule has 2 atom stereocenters. The van der Waals surface area contributed by atoms with E-state index in [1.54, 1.807) is 4.90 Å². The van der Waals surface area contributed by atoms with Gasteiger partial charge in [-0.3, -0.25) is 4.79 Å². The Bertz CT molecular complexity index is 603. The predicted molar refractivity (Wildman–Crippen MR) is 83.7 cm³/mol. The van der Waals surface area contributed by atoms with E-state index in [2.05, 4.69) is 4.72 Å². The monoisotopic (exact) mass is 326 g/mol. The highest BCUT2D eigenvalue weighted by atomic mass is 32.2. The van der Waals surface area contributed by atoms with Crippen molar-refractivity contribution in [1.29, 1.82) is 0 Å². The van der Waals surface area contributed by atoms with Gasteiger partial charge in [-0.15, -0.1) is 0 Å². The number of sulfonamides is 1. The van der Waals surface area contributed by atoms with Gasteiger partial charge in [-0.05, 0) is 24.8 Å². The lowest BCUT2D eigenvalue weighted by Crippen LogP contribution is -2.54. The van der Waals surface area contributed by atoms with E-state index >= 15 is 0 Å². The van der Waals surface area contributed by atoms with Crippen molar-refractivity contribution in [3.8, 4) is 0 Å². The van der Waals surface area contributed by atoms with Gasteiger partial charge in [0.2, 0.25) is 15.9 Å². The molecule has 0 radical (unpaired) electrons. The molecule has 0 aromatic heterocycles. The van der Waals surface area contributed by atoms with E-state index in [4.69, 9.17) is 0 Å². The second kappa shape index (κ2) is 7.21. The zero-order chi connectivity index (χ0) is 16.2. The number of benzene rings is 1. The molecule has 6 nitrogen and oxygen atoms in total. The Kier molecular flexibility index (Phi) is 5.55. The maximum absolute atomic E-state index is 12.3. The highest BCUT2D eigenvalue weighted by molar-refractivity contribution is 7.88. The fraction of sp³-hybridized carbons (Fsp3) is 0.533. The quantitative estimate of drug-likeness (QED) is 0.805. The Morgan fingerprint density at radius 1 is 1.36 bits per heavy atom. The van der Waals surface area contributed by atoms with Gasteiger partial charge >= 0.3 is 0 Å². The van der Waals surface area contributed by atoms with Crippen molar-refractivity contribution in [2.24, 2.45) is 0 Å². The Morgan fingerprint density at radius 2 is 2.05 bits per heavy atom. The average molecular weight is 326 g/mol. The Balaban J connectivity index is 2.07. The summed E-state index contributed by atoms with van der Waals surface area (Å²) in [4.78, 5) is 13.9. The summed E-state index contributed by atoms with van der Waals surface area (Å²) in [5.41, 5.74) is 1.04. The van der Waals surface area contributed by atoms with Gasteiger partial charge in [-0.25, -0.2) is 13.1 Å². The minimum Gasteiger partial charge on any atom is -0.391 e. The van der Waals surface area contributed by atoms with Gasteiger partial charge in [0.25, 0.3) is 0 Å². The number of likely N-dealkylation sites (tertiary alicyclic amines) is 1. The Hall–Kier alpha value is -1.44. The van der Waals surface area contributed by atoms with Gasteiger partial charge in [0.1, 0.15) is 0 Å². The molecule has 1 aromatic carbocycles. The Morgan fingerprint density at radius 3 is 2.68 bits per heavy atom. The molecule has 1 aliphatic heterocycles. The second-order valence-electron chi connectivity index (χ2n) is 5.65. The molecule has 0 bridgehead atoms. The van der Waals surface area contributed by atoms with Crippen molar-refractivity contribution < 1.29 is 18.3 Å². The van der Waals surface area contributed by atoms with Gasteiger partial charge in [0.05, 0.1) is 24.9 Å². The van der Waals surface area contributed by atoms with Gasteiger partial charge in [0.15, 0.2) is 0 Å². The molecular weight excluding hydrogens is 304 g/mol. The number of aliphatic hydroxyl groups is 1. The molecule has 0 aliphatic carbocycles. The van der Waals surface area contributed by atoms with Crippen LogP contribution in [0.4, 0.5) is 0 Å². The summed E-state index contributed by atoms with van der Waals surface area (Å²) in [6.07, 6.45) is 2.37. The highest BCUT2D eigenvalue weighted by Gasteiger charge is 2.33. The molecule has 1 fully saturated rings. The average Bonchev–Trinajstić information content (AvgIpc) is 2.47. The predicted octanol–water partition coefficient (Wildman–Crippen LogP) is 0.130. The van der Waals surface area contributed by atoms with Crippen LogP contribution in [0.3, 0.4) is 0 Å². The minimum absolute atomic E-state index is 0.267. The van der Waals surface area contributed by atoms with Gasteiger partial charge in [-0.2, -0.15) is 0 Å². The number of piperidine rings is 1. The molecular formula is C15H22N2O4S. The summed E-state index contributed by atoms with van der Waals surface area (Å²) >= 11 is 0. The molecule has 0 unspecified atom stereocenters. The van der Waals surface area contributed by atoms with Crippen molar-refractivity contribution in [1.82, 2.24) is 9.62 Å². The molecule has 1 aromatic rings. The van der Waals surface area contributed by atoms with Crippen LogP contribution in [-0.2, 0) is 21.2 Å². The third-order valence-electron chi connectivity index (χ3n) is 3.84. The standard InChI is InChI=1S/C15H22N2O4S/c1-22(20,21)16-11-15(19)17-9-5-8-14(18)13(17)10-12-6-3-2-4-7-12/h2-4,6-7,13-14,16,18H,5,8-11H2,1H3/t13-,14-/m0/s1. The van der Waals surface area contributed by atoms with Crippen molar-refractivity contribution in [3.05, 3.63) is 35.9 Å². The van der Waals surface area contributed by atoms with E-state index in [-0.39, 0.29) is 18.5 Å². The number of rotatable bonds is 5. The maximum Gasteiger partial charge on any atom is 0.237 e.